The molecule has 27 heavy (non-hydrogen) atoms. The molecule has 0 saturated carbocycles. The number of nitro groups is 1. The van der Waals surface area contributed by atoms with E-state index < -0.39 is 37.2 Å². The maximum Gasteiger partial charge on any atom is 0.293 e. The van der Waals surface area contributed by atoms with Gasteiger partial charge in [-0.15, -0.1) is 0 Å². The molecule has 0 amide bonds. The van der Waals surface area contributed by atoms with Crippen molar-refractivity contribution in [1.82, 2.24) is 4.98 Å². The topological polar surface area (TPSA) is 94.7 Å². The number of rotatable bonds is 5. The van der Waals surface area contributed by atoms with E-state index in [4.69, 9.17) is 9.16 Å². The van der Waals surface area contributed by atoms with Crippen LogP contribution < -0.4 is 0 Å². The van der Waals surface area contributed by atoms with Crippen molar-refractivity contribution < 1.29 is 19.2 Å². The smallest absolute Gasteiger partial charge is 0.293 e. The van der Waals surface area contributed by atoms with Crippen LogP contribution in [0.1, 0.15) is 59.1 Å². The third-order valence-electron chi connectivity index (χ3n) is 6.24. The van der Waals surface area contributed by atoms with Crippen molar-refractivity contribution in [2.75, 3.05) is 0 Å². The van der Waals surface area contributed by atoms with Crippen LogP contribution in [0.5, 0.6) is 0 Å². The molecule has 0 spiro atoms. The highest BCUT2D eigenvalue weighted by molar-refractivity contribution is 6.74. The third kappa shape index (κ3) is 4.23. The number of nitrogens with zero attached hydrogens (tertiary/aromatic N) is 2. The molecule has 1 fully saturated rings. The maximum absolute atomic E-state index is 11.4. The largest absolute Gasteiger partial charge is 0.411 e. The van der Waals surface area contributed by atoms with Crippen LogP contribution in [0.4, 0.5) is 5.69 Å². The SMILES string of the molecule is CC[C@]1(O)[C@@H](C)O[C@@H](c2ccncc2[N+](=O)[O-])C[C@H]1O[Si](C)(C)C(C)(C)C. The molecule has 7 nitrogen and oxygen atoms in total. The van der Waals surface area contributed by atoms with Crippen LogP contribution in [0.3, 0.4) is 0 Å². The number of ether oxygens (including phenoxy) is 1. The summed E-state index contributed by atoms with van der Waals surface area (Å²) in [6.45, 7) is 14.5. The van der Waals surface area contributed by atoms with E-state index in [0.717, 1.165) is 0 Å². The van der Waals surface area contributed by atoms with Gasteiger partial charge in [0.1, 0.15) is 11.8 Å². The number of hydrogen-bond donors (Lipinski definition) is 1. The van der Waals surface area contributed by atoms with Crippen LogP contribution in [-0.2, 0) is 9.16 Å². The van der Waals surface area contributed by atoms with Crippen molar-refractivity contribution in [2.24, 2.45) is 0 Å². The third-order valence-corrected chi connectivity index (χ3v) is 10.7. The molecule has 0 aliphatic carbocycles. The van der Waals surface area contributed by atoms with E-state index >= 15 is 0 Å². The van der Waals surface area contributed by atoms with E-state index in [1.165, 1.54) is 12.4 Å². The van der Waals surface area contributed by atoms with Gasteiger partial charge in [0.15, 0.2) is 8.32 Å². The average Bonchev–Trinajstić information content (AvgIpc) is 2.57. The first-order valence-electron chi connectivity index (χ1n) is 9.47. The quantitative estimate of drug-likeness (QED) is 0.451. The molecule has 0 radical (unpaired) electrons. The molecule has 1 aromatic rings. The fourth-order valence-corrected chi connectivity index (χ4v) is 4.66. The number of aromatic nitrogens is 1. The molecule has 1 N–H and O–H groups in total. The van der Waals surface area contributed by atoms with Crippen LogP contribution in [-0.4, -0.2) is 41.1 Å². The molecule has 152 valence electrons. The zero-order chi connectivity index (χ0) is 20.6. The van der Waals surface area contributed by atoms with E-state index in [-0.39, 0.29) is 10.7 Å². The molecule has 1 aliphatic rings. The molecule has 2 rings (SSSR count). The fourth-order valence-electron chi connectivity index (χ4n) is 3.30. The Bertz CT molecular complexity index is 691. The van der Waals surface area contributed by atoms with Crippen molar-refractivity contribution in [1.29, 1.82) is 0 Å². The minimum Gasteiger partial charge on any atom is -0.411 e. The van der Waals surface area contributed by atoms with Gasteiger partial charge in [0.2, 0.25) is 0 Å². The van der Waals surface area contributed by atoms with Crippen LogP contribution in [0.25, 0.3) is 0 Å². The van der Waals surface area contributed by atoms with Crippen molar-refractivity contribution in [3.8, 4) is 0 Å². The zero-order valence-electron chi connectivity index (χ0n) is 17.4. The van der Waals surface area contributed by atoms with Gasteiger partial charge in [-0.05, 0) is 37.5 Å². The summed E-state index contributed by atoms with van der Waals surface area (Å²) in [5.74, 6) is 0. The van der Waals surface area contributed by atoms with Gasteiger partial charge in [0.25, 0.3) is 5.69 Å². The first-order chi connectivity index (χ1) is 12.3. The van der Waals surface area contributed by atoms with Crippen LogP contribution in [0, 0.1) is 10.1 Å². The Balaban J connectivity index is 2.41. The molecule has 0 aromatic carbocycles. The molecular weight excluding hydrogens is 364 g/mol. The summed E-state index contributed by atoms with van der Waals surface area (Å²) in [7, 11) is -2.15. The summed E-state index contributed by atoms with van der Waals surface area (Å²) in [6, 6.07) is 1.62. The van der Waals surface area contributed by atoms with E-state index in [1.54, 1.807) is 6.07 Å². The van der Waals surface area contributed by atoms with Crippen molar-refractivity contribution >= 4 is 14.0 Å². The lowest BCUT2D eigenvalue weighted by Crippen LogP contribution is -2.60. The lowest BCUT2D eigenvalue weighted by atomic mass is 9.81. The highest BCUT2D eigenvalue weighted by Crippen LogP contribution is 2.46. The fraction of sp³-hybridized carbons (Fsp3) is 0.737. The number of hydrogen-bond acceptors (Lipinski definition) is 6. The summed E-state index contributed by atoms with van der Waals surface area (Å²) in [5.41, 5.74) is -0.722. The Morgan fingerprint density at radius 1 is 1.48 bits per heavy atom. The Hall–Kier alpha value is -1.35. The van der Waals surface area contributed by atoms with E-state index in [0.29, 0.717) is 18.4 Å². The Morgan fingerprint density at radius 3 is 2.63 bits per heavy atom. The summed E-state index contributed by atoms with van der Waals surface area (Å²) in [6.07, 6.45) is 2.14. The highest BCUT2D eigenvalue weighted by atomic mass is 28.4. The average molecular weight is 397 g/mol. The summed E-state index contributed by atoms with van der Waals surface area (Å²) in [5, 5.41) is 22.7. The molecule has 1 aliphatic heterocycles. The summed E-state index contributed by atoms with van der Waals surface area (Å²) in [4.78, 5) is 14.8. The normalized spacial score (nSPS) is 29.6. The minimum absolute atomic E-state index is 0.0125. The molecule has 1 saturated heterocycles. The summed E-state index contributed by atoms with van der Waals surface area (Å²) < 4.78 is 12.6. The predicted octanol–water partition coefficient (Wildman–Crippen LogP) is 4.37. The van der Waals surface area contributed by atoms with Crippen LogP contribution in [0.2, 0.25) is 18.1 Å². The molecule has 0 bridgehead atoms. The first kappa shape index (κ1) is 21.9. The van der Waals surface area contributed by atoms with Gasteiger partial charge >= 0.3 is 0 Å². The highest BCUT2D eigenvalue weighted by Gasteiger charge is 2.52. The standard InChI is InChI=1S/C19H32N2O5Si/c1-8-19(22)13(2)25-16(14-9-10-20-12-15(14)21(23)24)11-17(19)26-27(6,7)18(3,4)5/h9-10,12-13,16-17,22H,8,11H2,1-7H3/t13-,16-,17-,19+/m1/s1. The van der Waals surface area contributed by atoms with Crippen LogP contribution in [0.15, 0.2) is 18.5 Å². The van der Waals surface area contributed by atoms with E-state index in [9.17, 15) is 15.2 Å². The predicted molar refractivity (Wildman–Crippen MR) is 106 cm³/mol. The Kier molecular flexibility index (Phi) is 6.16. The Morgan fingerprint density at radius 2 is 2.11 bits per heavy atom. The van der Waals surface area contributed by atoms with Crippen molar-refractivity contribution in [2.45, 2.75) is 89.5 Å². The number of aliphatic hydroxyl groups is 1. The number of pyridine rings is 1. The molecular formula is C19H32N2O5Si. The van der Waals surface area contributed by atoms with Gasteiger partial charge < -0.3 is 14.3 Å². The molecule has 2 heterocycles. The van der Waals surface area contributed by atoms with Crippen molar-refractivity contribution in [3.05, 3.63) is 34.1 Å². The summed E-state index contributed by atoms with van der Waals surface area (Å²) >= 11 is 0. The second-order valence-electron chi connectivity index (χ2n) is 8.91. The van der Waals surface area contributed by atoms with E-state index in [1.807, 2.05) is 13.8 Å². The van der Waals surface area contributed by atoms with Gasteiger partial charge in [-0.1, -0.05) is 27.7 Å². The Labute approximate surface area is 162 Å². The van der Waals surface area contributed by atoms with Gasteiger partial charge in [0.05, 0.1) is 28.8 Å². The molecule has 8 heteroatoms. The molecule has 4 atom stereocenters. The van der Waals surface area contributed by atoms with Crippen molar-refractivity contribution in [3.63, 3.8) is 0 Å². The lowest BCUT2D eigenvalue weighted by molar-refractivity contribution is -0.387. The van der Waals surface area contributed by atoms with Gasteiger partial charge in [0, 0.05) is 12.6 Å². The monoisotopic (exact) mass is 396 g/mol. The van der Waals surface area contributed by atoms with E-state index in [2.05, 4.69) is 38.8 Å². The zero-order valence-corrected chi connectivity index (χ0v) is 18.4. The maximum atomic E-state index is 11.4. The molecule has 0 unspecified atom stereocenters. The minimum atomic E-state index is -2.15. The van der Waals surface area contributed by atoms with Gasteiger partial charge in [-0.25, -0.2) is 0 Å². The molecule has 1 aromatic heterocycles. The van der Waals surface area contributed by atoms with Crippen LogP contribution >= 0.6 is 0 Å². The van der Waals surface area contributed by atoms with Gasteiger partial charge in [-0.2, -0.15) is 0 Å². The lowest BCUT2D eigenvalue weighted by Gasteiger charge is -2.50. The second kappa shape index (κ2) is 7.58. The van der Waals surface area contributed by atoms with Gasteiger partial charge in [-0.3, -0.25) is 15.1 Å². The first-order valence-corrected chi connectivity index (χ1v) is 12.4. The second-order valence-corrected chi connectivity index (χ2v) is 13.7.